The first kappa shape index (κ1) is 15.4. The molecule has 4 rings (SSSR count). The van der Waals surface area contributed by atoms with Crippen molar-refractivity contribution in [1.82, 2.24) is 14.8 Å². The van der Waals surface area contributed by atoms with E-state index in [0.29, 0.717) is 11.9 Å². The summed E-state index contributed by atoms with van der Waals surface area (Å²) in [6.45, 7) is 4.18. The molecule has 1 N–H and O–H groups in total. The van der Waals surface area contributed by atoms with Crippen LogP contribution in [0.15, 0.2) is 41.3 Å². The number of nitrogens with one attached hydrogen (secondary N) is 1. The fraction of sp³-hybridized carbons (Fsp3) is 0.474. The summed E-state index contributed by atoms with van der Waals surface area (Å²) in [6.07, 6.45) is 3.92. The van der Waals surface area contributed by atoms with Gasteiger partial charge in [0.15, 0.2) is 5.43 Å². The van der Waals surface area contributed by atoms with Crippen molar-refractivity contribution in [3.05, 3.63) is 46.8 Å². The van der Waals surface area contributed by atoms with Crippen LogP contribution in [-0.2, 0) is 11.3 Å². The summed E-state index contributed by atoms with van der Waals surface area (Å²) in [7, 11) is 0. The minimum Gasteiger partial charge on any atom is -0.341 e. The van der Waals surface area contributed by atoms with E-state index in [-0.39, 0.29) is 11.3 Å². The van der Waals surface area contributed by atoms with E-state index in [1.54, 1.807) is 12.3 Å². The fourth-order valence-electron chi connectivity index (χ4n) is 4.11. The maximum atomic E-state index is 12.8. The number of likely N-dealkylation sites (tertiary alicyclic amines) is 1. The summed E-state index contributed by atoms with van der Waals surface area (Å²) in [6, 6.07) is 9.04. The normalized spacial score (nSPS) is 23.9. The molecule has 1 aromatic carbocycles. The van der Waals surface area contributed by atoms with Gasteiger partial charge in [-0.3, -0.25) is 9.59 Å². The lowest BCUT2D eigenvalue weighted by atomic mass is 9.92. The molecular weight excluding hydrogens is 302 g/mol. The van der Waals surface area contributed by atoms with Crippen molar-refractivity contribution in [2.24, 2.45) is 11.8 Å². The number of pyridine rings is 1. The second-order valence-electron chi connectivity index (χ2n) is 6.96. The third kappa shape index (κ3) is 2.84. The van der Waals surface area contributed by atoms with E-state index in [1.807, 2.05) is 33.7 Å². The predicted molar refractivity (Wildman–Crippen MR) is 93.9 cm³/mol. The molecule has 2 atom stereocenters. The predicted octanol–water partition coefficient (Wildman–Crippen LogP) is 1.46. The summed E-state index contributed by atoms with van der Waals surface area (Å²) in [5.41, 5.74) is 0.832. The number of aromatic nitrogens is 1. The Balaban J connectivity index is 1.52. The van der Waals surface area contributed by atoms with Gasteiger partial charge in [-0.2, -0.15) is 0 Å². The van der Waals surface area contributed by atoms with Gasteiger partial charge in [0.1, 0.15) is 6.54 Å². The Morgan fingerprint density at radius 3 is 2.54 bits per heavy atom. The molecule has 0 aliphatic carbocycles. The molecule has 3 heterocycles. The molecule has 0 bridgehead atoms. The van der Waals surface area contributed by atoms with Crippen LogP contribution in [0.3, 0.4) is 0 Å². The van der Waals surface area contributed by atoms with Gasteiger partial charge in [-0.15, -0.1) is 0 Å². The first-order chi connectivity index (χ1) is 11.7. The van der Waals surface area contributed by atoms with Crippen molar-refractivity contribution in [3.63, 3.8) is 0 Å². The third-order valence-electron chi connectivity index (χ3n) is 5.56. The van der Waals surface area contributed by atoms with Crippen molar-refractivity contribution >= 4 is 16.8 Å². The number of carbonyl (C=O) groups excluding carboxylic acids is 1. The minimum absolute atomic E-state index is 0.00407. The van der Waals surface area contributed by atoms with Crippen molar-refractivity contribution < 1.29 is 4.79 Å². The molecule has 5 heteroatoms. The lowest BCUT2D eigenvalue weighted by molar-refractivity contribution is -0.131. The molecule has 0 radical (unpaired) electrons. The average Bonchev–Trinajstić information content (AvgIpc) is 2.96. The van der Waals surface area contributed by atoms with Crippen LogP contribution >= 0.6 is 0 Å². The minimum atomic E-state index is 0.00407. The fourth-order valence-corrected chi connectivity index (χ4v) is 4.11. The van der Waals surface area contributed by atoms with Crippen molar-refractivity contribution in [1.29, 1.82) is 0 Å². The molecule has 126 valence electrons. The van der Waals surface area contributed by atoms with Gasteiger partial charge in [0.05, 0.1) is 5.52 Å². The lowest BCUT2D eigenvalue weighted by Gasteiger charge is -2.22. The van der Waals surface area contributed by atoms with Gasteiger partial charge in [0.25, 0.3) is 0 Å². The van der Waals surface area contributed by atoms with Crippen LogP contribution in [0, 0.1) is 11.8 Å². The van der Waals surface area contributed by atoms with E-state index in [9.17, 15) is 9.59 Å². The van der Waals surface area contributed by atoms with Gasteiger partial charge < -0.3 is 14.8 Å². The van der Waals surface area contributed by atoms with Crippen LogP contribution in [-0.4, -0.2) is 41.6 Å². The Hall–Kier alpha value is -2.14. The molecule has 5 nitrogen and oxygen atoms in total. The standard InChI is InChI=1S/C19H23N3O2/c23-18-7-10-22(17-4-2-1-3-16(17)18)13-19(24)21-8-5-14-11-20-12-15(14)6-9-21/h1-4,7,10,14-15,20H,5-6,8-9,11-13H2/t14-,15+. The maximum Gasteiger partial charge on any atom is 0.242 e. The highest BCUT2D eigenvalue weighted by Gasteiger charge is 2.31. The van der Waals surface area contributed by atoms with Crippen molar-refractivity contribution in [2.45, 2.75) is 19.4 Å². The smallest absolute Gasteiger partial charge is 0.242 e. The zero-order valence-electron chi connectivity index (χ0n) is 13.8. The van der Waals surface area contributed by atoms with E-state index in [4.69, 9.17) is 0 Å². The monoisotopic (exact) mass is 325 g/mol. The molecule has 24 heavy (non-hydrogen) atoms. The second kappa shape index (κ2) is 6.40. The average molecular weight is 325 g/mol. The van der Waals surface area contributed by atoms with Crippen LogP contribution in [0.2, 0.25) is 0 Å². The van der Waals surface area contributed by atoms with Crippen LogP contribution in [0.1, 0.15) is 12.8 Å². The molecule has 2 saturated heterocycles. The van der Waals surface area contributed by atoms with Gasteiger partial charge >= 0.3 is 0 Å². The van der Waals surface area contributed by atoms with Gasteiger partial charge in [0, 0.05) is 30.7 Å². The van der Waals surface area contributed by atoms with Crippen LogP contribution in [0.5, 0.6) is 0 Å². The summed E-state index contributed by atoms with van der Waals surface area (Å²) >= 11 is 0. The number of benzene rings is 1. The number of para-hydroxylation sites is 1. The summed E-state index contributed by atoms with van der Waals surface area (Å²) < 4.78 is 1.90. The number of hydrogen-bond acceptors (Lipinski definition) is 3. The van der Waals surface area contributed by atoms with Gasteiger partial charge in [-0.25, -0.2) is 0 Å². The number of amides is 1. The van der Waals surface area contributed by atoms with Crippen LogP contribution in [0.4, 0.5) is 0 Å². The van der Waals surface area contributed by atoms with Gasteiger partial charge in [-0.05, 0) is 49.9 Å². The third-order valence-corrected chi connectivity index (χ3v) is 5.56. The first-order valence-corrected chi connectivity index (χ1v) is 8.79. The molecule has 1 aromatic heterocycles. The zero-order valence-corrected chi connectivity index (χ0v) is 13.8. The number of hydrogen-bond donors (Lipinski definition) is 1. The molecule has 0 unspecified atom stereocenters. The first-order valence-electron chi connectivity index (χ1n) is 8.79. The number of nitrogens with zero attached hydrogens (tertiary/aromatic N) is 2. The maximum absolute atomic E-state index is 12.8. The Morgan fingerprint density at radius 1 is 1.08 bits per heavy atom. The lowest BCUT2D eigenvalue weighted by Crippen LogP contribution is -2.35. The SMILES string of the molecule is O=C(Cn1ccc(=O)c2ccccc21)N1CC[C@@H]2CNC[C@@H]2CC1. The summed E-state index contributed by atoms with van der Waals surface area (Å²) in [4.78, 5) is 26.7. The number of fused-ring (bicyclic) bond motifs is 2. The highest BCUT2D eigenvalue weighted by atomic mass is 16.2. The topological polar surface area (TPSA) is 54.3 Å². The molecular formula is C19H23N3O2. The molecule has 1 amide bonds. The Kier molecular flexibility index (Phi) is 4.10. The largest absolute Gasteiger partial charge is 0.341 e. The molecule has 2 fully saturated rings. The van der Waals surface area contributed by atoms with Gasteiger partial charge in [-0.1, -0.05) is 12.1 Å². The van der Waals surface area contributed by atoms with E-state index in [2.05, 4.69) is 5.32 Å². The van der Waals surface area contributed by atoms with E-state index >= 15 is 0 Å². The highest BCUT2D eigenvalue weighted by Crippen LogP contribution is 2.27. The van der Waals surface area contributed by atoms with Gasteiger partial charge in [0.2, 0.25) is 5.91 Å². The molecule has 0 saturated carbocycles. The Morgan fingerprint density at radius 2 is 1.79 bits per heavy atom. The number of rotatable bonds is 2. The van der Waals surface area contributed by atoms with E-state index < -0.39 is 0 Å². The number of carbonyl (C=O) groups is 1. The Bertz CT molecular complexity index is 800. The molecule has 2 aromatic rings. The summed E-state index contributed by atoms with van der Waals surface area (Å²) in [5.74, 6) is 1.59. The Labute approximate surface area is 141 Å². The van der Waals surface area contributed by atoms with Crippen molar-refractivity contribution in [2.75, 3.05) is 26.2 Å². The van der Waals surface area contributed by atoms with E-state index in [1.165, 1.54) is 0 Å². The molecule has 2 aliphatic heterocycles. The molecule has 0 spiro atoms. The van der Waals surface area contributed by atoms with Crippen LogP contribution < -0.4 is 10.7 Å². The van der Waals surface area contributed by atoms with Crippen molar-refractivity contribution in [3.8, 4) is 0 Å². The zero-order chi connectivity index (χ0) is 16.5. The van der Waals surface area contributed by atoms with Crippen LogP contribution in [0.25, 0.3) is 10.9 Å². The molecule has 2 aliphatic rings. The highest BCUT2D eigenvalue weighted by molar-refractivity contribution is 5.82. The second-order valence-corrected chi connectivity index (χ2v) is 6.96. The quantitative estimate of drug-likeness (QED) is 0.909. The summed E-state index contributed by atoms with van der Waals surface area (Å²) in [5, 5.41) is 4.13. The van der Waals surface area contributed by atoms with E-state index in [0.717, 1.165) is 56.4 Å².